The van der Waals surface area contributed by atoms with Crippen LogP contribution in [0.4, 0.5) is 0 Å². The lowest BCUT2D eigenvalue weighted by atomic mass is 10.9. The number of carbonyl (C=O) groups is 1. The Balaban J connectivity index is 3.32. The summed E-state index contributed by atoms with van der Waals surface area (Å²) in [5, 5.41) is 0. The Bertz CT molecular complexity index is 85.9. The summed E-state index contributed by atoms with van der Waals surface area (Å²) in [6.45, 7) is 1.07. The maximum absolute atomic E-state index is 9.70. The summed E-state index contributed by atoms with van der Waals surface area (Å²) in [5.41, 5.74) is 0. The zero-order valence-electron chi connectivity index (χ0n) is 3.67. The van der Waals surface area contributed by atoms with Gasteiger partial charge in [-0.25, -0.2) is 0 Å². The van der Waals surface area contributed by atoms with Crippen LogP contribution >= 0.6 is 0 Å². The summed E-state index contributed by atoms with van der Waals surface area (Å²) in [7, 11) is -3.03. The molecule has 0 bridgehead atoms. The molecule has 5 heteroatoms. The Morgan fingerprint density at radius 2 is 2.29 bits per heavy atom. The summed E-state index contributed by atoms with van der Waals surface area (Å²) in [4.78, 5) is 17.5. The molecule has 7 heavy (non-hydrogen) atoms. The van der Waals surface area contributed by atoms with Crippen LogP contribution in [-0.2, 0) is 13.7 Å². The van der Waals surface area contributed by atoms with Crippen molar-refractivity contribution in [1.82, 2.24) is 0 Å². The Hall–Kier alpha value is -0.713. The van der Waals surface area contributed by atoms with E-state index in [9.17, 15) is 9.26 Å². The molecule has 0 saturated carbocycles. The first kappa shape index (κ1) is 6.29. The minimum atomic E-state index is -3.03. The van der Waals surface area contributed by atoms with Gasteiger partial charge in [-0.2, -0.15) is 0 Å². The molecule has 0 amide bonds. The Labute approximate surface area is 41.6 Å². The minimum Gasteiger partial charge on any atom is -0.511 e. The van der Waals surface area contributed by atoms with E-state index in [-0.39, 0.29) is 0 Å². The molecule has 0 spiro atoms. The van der Waals surface area contributed by atoms with E-state index >= 15 is 0 Å². The summed E-state index contributed by atoms with van der Waals surface area (Å²) < 4.78 is 13.3. The van der Waals surface area contributed by atoms with Crippen molar-refractivity contribution in [3.63, 3.8) is 0 Å². The van der Waals surface area contributed by atoms with Crippen molar-refractivity contribution in [2.45, 2.75) is 6.92 Å². The van der Waals surface area contributed by atoms with Gasteiger partial charge in [0, 0.05) is 6.92 Å². The van der Waals surface area contributed by atoms with Gasteiger partial charge in [0.2, 0.25) is 0 Å². The van der Waals surface area contributed by atoms with Gasteiger partial charge >= 0.3 is 9.17 Å². The number of hydrogen-bond donors (Lipinski definition) is 1. The van der Waals surface area contributed by atoms with Gasteiger partial charge in [0.25, 0.3) is 5.97 Å². The highest BCUT2D eigenvalue weighted by molar-refractivity contribution is 6.27. The lowest BCUT2D eigenvalue weighted by Crippen LogP contribution is -2.09. The third-order valence-corrected chi connectivity index (χ3v) is 0.693. The molecule has 1 N–H and O–H groups in total. The zero-order valence-corrected chi connectivity index (χ0v) is 4.67. The van der Waals surface area contributed by atoms with E-state index in [0.717, 1.165) is 6.92 Å². The molecule has 0 radical (unpaired) electrons. The van der Waals surface area contributed by atoms with Crippen molar-refractivity contribution >= 4 is 15.1 Å². The first-order valence-corrected chi connectivity index (χ1v) is 2.80. The Morgan fingerprint density at radius 3 is 2.29 bits per heavy atom. The maximum Gasteiger partial charge on any atom is 0.772 e. The van der Waals surface area contributed by atoms with Crippen LogP contribution in [0.25, 0.3) is 0 Å². The third-order valence-electron chi connectivity index (χ3n) is 0.231. The lowest BCUT2D eigenvalue weighted by molar-refractivity contribution is -0.133. The lowest BCUT2D eigenvalue weighted by Gasteiger charge is -1.84. The van der Waals surface area contributed by atoms with Gasteiger partial charge in [0.05, 0.1) is 0 Å². The second-order valence-electron chi connectivity index (χ2n) is 0.860. The molecule has 0 aliphatic carbocycles. The maximum atomic E-state index is 9.70. The van der Waals surface area contributed by atoms with E-state index in [2.05, 4.69) is 4.43 Å². The van der Waals surface area contributed by atoms with Gasteiger partial charge in [-0.1, -0.05) is 0 Å². The van der Waals surface area contributed by atoms with Crippen molar-refractivity contribution in [3.8, 4) is 0 Å². The fourth-order valence-corrected chi connectivity index (χ4v) is 0.369. The number of rotatable bonds is 1. The first-order chi connectivity index (χ1) is 3.13. The van der Waals surface area contributed by atoms with Gasteiger partial charge in [0.1, 0.15) is 0 Å². The zero-order chi connectivity index (χ0) is 5.86. The second kappa shape index (κ2) is 2.46. The molecule has 0 aromatic heterocycles. The molecular formula is C2H4O4Si. The van der Waals surface area contributed by atoms with Gasteiger partial charge in [-0.3, -0.25) is 9.26 Å². The normalized spacial score (nSPS) is 7.57. The van der Waals surface area contributed by atoms with Crippen molar-refractivity contribution < 1.29 is 18.5 Å². The average molecular weight is 120 g/mol. The number of hydrogen-bond acceptors (Lipinski definition) is 3. The molecule has 0 heterocycles. The Kier molecular flexibility index (Phi) is 2.21. The summed E-state index contributed by atoms with van der Waals surface area (Å²) in [5.74, 6) is -0.730. The smallest absolute Gasteiger partial charge is 0.511 e. The van der Waals surface area contributed by atoms with Crippen LogP contribution < -0.4 is 0 Å². The van der Waals surface area contributed by atoms with E-state index in [1.807, 2.05) is 0 Å². The fraction of sp³-hybridized carbons (Fsp3) is 0.500. The first-order valence-electron chi connectivity index (χ1n) is 1.54. The third kappa shape index (κ3) is 5.29. The highest BCUT2D eigenvalue weighted by Crippen LogP contribution is 1.68. The molecule has 0 fully saturated rings. The highest BCUT2D eigenvalue weighted by atomic mass is 28.3. The van der Waals surface area contributed by atoms with Crippen LogP contribution in [0.2, 0.25) is 0 Å². The van der Waals surface area contributed by atoms with E-state index in [4.69, 9.17) is 4.80 Å². The SMILES string of the molecule is CC(=O)O[Si](=O)O. The van der Waals surface area contributed by atoms with E-state index in [1.54, 1.807) is 0 Å². The van der Waals surface area contributed by atoms with Crippen molar-refractivity contribution in [2.24, 2.45) is 0 Å². The van der Waals surface area contributed by atoms with Crippen LogP contribution in [-0.4, -0.2) is 19.9 Å². The second-order valence-corrected chi connectivity index (χ2v) is 1.60. The monoisotopic (exact) mass is 120 g/mol. The molecule has 0 aliphatic rings. The quantitative estimate of drug-likeness (QED) is 0.449. The highest BCUT2D eigenvalue weighted by Gasteiger charge is 2.05. The van der Waals surface area contributed by atoms with Crippen molar-refractivity contribution in [3.05, 3.63) is 0 Å². The standard InChI is InChI=1S/C2H4O4Si/c1-2(3)6-7(4)5/h4H,1H3. The molecule has 0 saturated heterocycles. The van der Waals surface area contributed by atoms with Crippen molar-refractivity contribution in [1.29, 1.82) is 0 Å². The van der Waals surface area contributed by atoms with Crippen LogP contribution in [0.15, 0.2) is 0 Å². The molecule has 0 atom stereocenters. The van der Waals surface area contributed by atoms with Crippen molar-refractivity contribution in [2.75, 3.05) is 0 Å². The molecule has 0 unspecified atom stereocenters. The van der Waals surface area contributed by atoms with Gasteiger partial charge in [-0.15, -0.1) is 0 Å². The van der Waals surface area contributed by atoms with Crippen LogP contribution in [0.1, 0.15) is 6.92 Å². The van der Waals surface area contributed by atoms with E-state index in [0.29, 0.717) is 0 Å². The van der Waals surface area contributed by atoms with Gasteiger partial charge < -0.3 is 9.22 Å². The molecule has 0 aromatic rings. The summed E-state index contributed by atoms with van der Waals surface area (Å²) in [6, 6.07) is 0. The van der Waals surface area contributed by atoms with Crippen LogP contribution in [0.3, 0.4) is 0 Å². The summed E-state index contributed by atoms with van der Waals surface area (Å²) in [6.07, 6.45) is 0. The fourth-order valence-electron chi connectivity index (χ4n) is 0.123. The molecule has 4 nitrogen and oxygen atoms in total. The van der Waals surface area contributed by atoms with Crippen LogP contribution in [0.5, 0.6) is 0 Å². The molecule has 0 aromatic carbocycles. The number of carbonyl (C=O) groups excluding carboxylic acids is 1. The van der Waals surface area contributed by atoms with E-state index in [1.165, 1.54) is 0 Å². The molecule has 40 valence electrons. The average Bonchev–Trinajstić information content (AvgIpc) is 1.27. The van der Waals surface area contributed by atoms with Crippen LogP contribution in [0, 0.1) is 0 Å². The molecule has 0 rings (SSSR count). The predicted octanol–water partition coefficient (Wildman–Crippen LogP) is -1.04. The Morgan fingerprint density at radius 1 is 1.86 bits per heavy atom. The van der Waals surface area contributed by atoms with Gasteiger partial charge in [-0.05, 0) is 0 Å². The predicted molar refractivity (Wildman–Crippen MR) is 20.4 cm³/mol. The molecular weight excluding hydrogens is 116 g/mol. The topological polar surface area (TPSA) is 63.6 Å². The van der Waals surface area contributed by atoms with E-state index < -0.39 is 15.1 Å². The molecule has 0 aliphatic heterocycles. The summed E-state index contributed by atoms with van der Waals surface area (Å²) >= 11 is 0. The minimum absolute atomic E-state index is 0.730. The van der Waals surface area contributed by atoms with Gasteiger partial charge in [0.15, 0.2) is 0 Å². The largest absolute Gasteiger partial charge is 0.772 e.